The number of benzene rings is 1. The summed E-state index contributed by atoms with van der Waals surface area (Å²) in [4.78, 5) is 21.7. The summed E-state index contributed by atoms with van der Waals surface area (Å²) in [7, 11) is 1.58. The summed E-state index contributed by atoms with van der Waals surface area (Å²) in [6.07, 6.45) is -0.105. The number of hydrogen-bond acceptors (Lipinski definition) is 4. The molecule has 0 atom stereocenters. The van der Waals surface area contributed by atoms with Crippen LogP contribution in [0.1, 0.15) is 12.0 Å². The first-order valence-corrected chi connectivity index (χ1v) is 5.81. The molecular formula is C13H17NO5. The van der Waals surface area contributed by atoms with Crippen molar-refractivity contribution < 1.29 is 24.2 Å². The molecule has 0 saturated carbocycles. The van der Waals surface area contributed by atoms with Gasteiger partial charge < -0.3 is 19.9 Å². The number of rotatable bonds is 8. The van der Waals surface area contributed by atoms with Crippen LogP contribution in [0.3, 0.4) is 0 Å². The van der Waals surface area contributed by atoms with Gasteiger partial charge in [-0.15, -0.1) is 0 Å². The second-order valence-corrected chi connectivity index (χ2v) is 3.82. The average Bonchev–Trinajstić information content (AvgIpc) is 2.37. The molecule has 0 bridgehead atoms. The first-order valence-electron chi connectivity index (χ1n) is 5.81. The van der Waals surface area contributed by atoms with Gasteiger partial charge in [0.05, 0.1) is 13.0 Å². The predicted molar refractivity (Wildman–Crippen MR) is 67.9 cm³/mol. The molecule has 0 aliphatic rings. The summed E-state index contributed by atoms with van der Waals surface area (Å²) in [5.74, 6) is -0.724. The summed E-state index contributed by atoms with van der Waals surface area (Å²) in [5.41, 5.74) is 0.850. The maximum Gasteiger partial charge on any atom is 0.305 e. The number of carbonyl (C=O) groups excluding carboxylic acids is 1. The van der Waals surface area contributed by atoms with Crippen molar-refractivity contribution in [2.24, 2.45) is 0 Å². The molecule has 0 aliphatic carbocycles. The summed E-state index contributed by atoms with van der Waals surface area (Å²) >= 11 is 0. The van der Waals surface area contributed by atoms with E-state index < -0.39 is 5.97 Å². The Kier molecular flexibility index (Phi) is 6.38. The van der Waals surface area contributed by atoms with Gasteiger partial charge in [-0.05, 0) is 6.07 Å². The van der Waals surface area contributed by atoms with Crippen molar-refractivity contribution >= 4 is 11.9 Å². The van der Waals surface area contributed by atoms with Crippen LogP contribution in [0.2, 0.25) is 0 Å². The molecule has 1 aromatic carbocycles. The number of methoxy groups -OCH3 is 1. The van der Waals surface area contributed by atoms with Crippen molar-refractivity contribution in [2.45, 2.75) is 13.0 Å². The molecule has 0 fully saturated rings. The monoisotopic (exact) mass is 267 g/mol. The van der Waals surface area contributed by atoms with Crippen LogP contribution in [0.5, 0.6) is 5.75 Å². The Bertz CT molecular complexity index is 433. The quantitative estimate of drug-likeness (QED) is 0.728. The second kappa shape index (κ2) is 8.10. The van der Waals surface area contributed by atoms with E-state index in [1.54, 1.807) is 19.2 Å². The summed E-state index contributed by atoms with van der Waals surface area (Å²) < 4.78 is 10.4. The van der Waals surface area contributed by atoms with Gasteiger partial charge in [-0.1, -0.05) is 18.2 Å². The average molecular weight is 267 g/mol. The van der Waals surface area contributed by atoms with Crippen LogP contribution in [0.15, 0.2) is 24.3 Å². The number of carboxylic acids is 1. The van der Waals surface area contributed by atoms with Crippen LogP contribution >= 0.6 is 0 Å². The lowest BCUT2D eigenvalue weighted by atomic mass is 10.2. The first-order chi connectivity index (χ1) is 9.13. The predicted octanol–water partition coefficient (Wildman–Crippen LogP) is 0.803. The van der Waals surface area contributed by atoms with Gasteiger partial charge in [-0.3, -0.25) is 9.59 Å². The van der Waals surface area contributed by atoms with E-state index in [0.29, 0.717) is 12.4 Å². The highest BCUT2D eigenvalue weighted by molar-refractivity contribution is 5.78. The van der Waals surface area contributed by atoms with Gasteiger partial charge in [0.15, 0.2) is 6.61 Å². The molecule has 2 N–H and O–H groups in total. The van der Waals surface area contributed by atoms with Crippen LogP contribution in [-0.4, -0.2) is 37.2 Å². The standard InChI is InChI=1S/C13H17NO5/c1-18-8-10-4-2-3-5-11(10)19-9-12(15)14-7-6-13(16)17/h2-5H,6-9H2,1H3,(H,14,15)(H,16,17). The topological polar surface area (TPSA) is 84.9 Å². The van der Waals surface area contributed by atoms with E-state index in [1.165, 1.54) is 0 Å². The highest BCUT2D eigenvalue weighted by Crippen LogP contribution is 2.18. The van der Waals surface area contributed by atoms with Crippen LogP contribution in [-0.2, 0) is 20.9 Å². The molecule has 0 unspecified atom stereocenters. The fourth-order valence-corrected chi connectivity index (χ4v) is 1.42. The van der Waals surface area contributed by atoms with Crippen LogP contribution in [0, 0.1) is 0 Å². The highest BCUT2D eigenvalue weighted by atomic mass is 16.5. The van der Waals surface area contributed by atoms with E-state index >= 15 is 0 Å². The van der Waals surface area contributed by atoms with Gasteiger partial charge in [0.1, 0.15) is 5.75 Å². The third-order valence-electron chi connectivity index (χ3n) is 2.29. The maximum absolute atomic E-state index is 11.4. The Morgan fingerprint density at radius 2 is 2.05 bits per heavy atom. The molecule has 19 heavy (non-hydrogen) atoms. The summed E-state index contributed by atoms with van der Waals surface area (Å²) in [5, 5.41) is 10.9. The van der Waals surface area contributed by atoms with Gasteiger partial charge in [0, 0.05) is 19.2 Å². The lowest BCUT2D eigenvalue weighted by molar-refractivity contribution is -0.137. The minimum Gasteiger partial charge on any atom is -0.483 e. The number of aliphatic carboxylic acids is 1. The highest BCUT2D eigenvalue weighted by Gasteiger charge is 2.06. The third kappa shape index (κ3) is 5.87. The molecule has 1 rings (SSSR count). The van der Waals surface area contributed by atoms with Crippen molar-refractivity contribution in [1.82, 2.24) is 5.32 Å². The Balaban J connectivity index is 2.39. The minimum absolute atomic E-state index is 0.0945. The second-order valence-electron chi connectivity index (χ2n) is 3.82. The number of carboxylic acid groups (broad SMARTS) is 1. The van der Waals surface area contributed by atoms with E-state index in [2.05, 4.69) is 5.32 Å². The van der Waals surface area contributed by atoms with Crippen molar-refractivity contribution in [1.29, 1.82) is 0 Å². The third-order valence-corrected chi connectivity index (χ3v) is 2.29. The molecule has 1 aromatic rings. The van der Waals surface area contributed by atoms with Crippen LogP contribution < -0.4 is 10.1 Å². The molecule has 0 saturated heterocycles. The van der Waals surface area contributed by atoms with Crippen molar-refractivity contribution in [3.05, 3.63) is 29.8 Å². The molecule has 0 aliphatic heterocycles. The number of para-hydroxylation sites is 1. The van der Waals surface area contributed by atoms with Crippen LogP contribution in [0.25, 0.3) is 0 Å². The number of ether oxygens (including phenoxy) is 2. The molecule has 0 heterocycles. The summed E-state index contributed by atoms with van der Waals surface area (Å²) in [6.45, 7) is 0.342. The maximum atomic E-state index is 11.4. The number of carbonyl (C=O) groups is 2. The minimum atomic E-state index is -0.952. The van der Waals surface area contributed by atoms with Crippen molar-refractivity contribution in [2.75, 3.05) is 20.3 Å². The smallest absolute Gasteiger partial charge is 0.305 e. The molecule has 0 radical (unpaired) electrons. The largest absolute Gasteiger partial charge is 0.483 e. The summed E-state index contributed by atoms with van der Waals surface area (Å²) in [6, 6.07) is 7.25. The van der Waals surface area contributed by atoms with Crippen molar-refractivity contribution in [3.8, 4) is 5.75 Å². The van der Waals surface area contributed by atoms with Gasteiger partial charge in [-0.2, -0.15) is 0 Å². The Morgan fingerprint density at radius 1 is 1.32 bits per heavy atom. The fourth-order valence-electron chi connectivity index (χ4n) is 1.42. The zero-order chi connectivity index (χ0) is 14.1. The molecule has 104 valence electrons. The van der Waals surface area contributed by atoms with E-state index in [4.69, 9.17) is 14.6 Å². The van der Waals surface area contributed by atoms with Gasteiger partial charge in [-0.25, -0.2) is 0 Å². The van der Waals surface area contributed by atoms with Gasteiger partial charge in [0.25, 0.3) is 5.91 Å². The molecule has 6 heteroatoms. The Hall–Kier alpha value is -2.08. The SMILES string of the molecule is COCc1ccccc1OCC(=O)NCCC(=O)O. The van der Waals surface area contributed by atoms with E-state index in [0.717, 1.165) is 5.56 Å². The normalized spacial score (nSPS) is 9.95. The Morgan fingerprint density at radius 3 is 2.74 bits per heavy atom. The van der Waals surface area contributed by atoms with Crippen LogP contribution in [0.4, 0.5) is 0 Å². The zero-order valence-electron chi connectivity index (χ0n) is 10.7. The van der Waals surface area contributed by atoms with Gasteiger partial charge >= 0.3 is 5.97 Å². The molecule has 0 spiro atoms. The van der Waals surface area contributed by atoms with Gasteiger partial charge in [0.2, 0.25) is 0 Å². The number of hydrogen-bond donors (Lipinski definition) is 2. The Labute approximate surface area is 111 Å². The number of amides is 1. The lowest BCUT2D eigenvalue weighted by Gasteiger charge is -2.10. The molecule has 6 nitrogen and oxygen atoms in total. The molecule has 0 aromatic heterocycles. The van der Waals surface area contributed by atoms with E-state index in [9.17, 15) is 9.59 Å². The number of nitrogens with one attached hydrogen (secondary N) is 1. The molecule has 1 amide bonds. The first kappa shape index (κ1) is 15.0. The van der Waals surface area contributed by atoms with Crippen molar-refractivity contribution in [3.63, 3.8) is 0 Å². The fraction of sp³-hybridized carbons (Fsp3) is 0.385. The molecular weight excluding hydrogens is 250 g/mol. The lowest BCUT2D eigenvalue weighted by Crippen LogP contribution is -2.30. The van der Waals surface area contributed by atoms with E-state index in [1.807, 2.05) is 12.1 Å². The van der Waals surface area contributed by atoms with E-state index in [-0.39, 0.29) is 25.5 Å². The zero-order valence-corrected chi connectivity index (χ0v) is 10.7.